The lowest BCUT2D eigenvalue weighted by molar-refractivity contribution is -0.119. The highest BCUT2D eigenvalue weighted by Gasteiger charge is 2.27. The number of rotatable bonds is 4. The molecule has 1 aliphatic rings. The summed E-state index contributed by atoms with van der Waals surface area (Å²) >= 11 is 0. The summed E-state index contributed by atoms with van der Waals surface area (Å²) < 4.78 is 5.29. The molecule has 0 saturated carbocycles. The van der Waals surface area contributed by atoms with Crippen molar-refractivity contribution >= 4 is 0 Å². The van der Waals surface area contributed by atoms with Crippen molar-refractivity contribution in [1.29, 1.82) is 0 Å². The minimum absolute atomic E-state index is 0.00931. The molecule has 13 heavy (non-hydrogen) atoms. The summed E-state index contributed by atoms with van der Waals surface area (Å²) in [6.07, 6.45) is -0.909. The molecular weight excluding hydrogens is 172 g/mol. The van der Waals surface area contributed by atoms with Crippen molar-refractivity contribution in [2.45, 2.75) is 24.7 Å². The Hall–Kier alpha value is -0.200. The maximum atomic E-state index is 9.32. The molecule has 1 saturated heterocycles. The van der Waals surface area contributed by atoms with E-state index in [-0.39, 0.29) is 12.7 Å². The van der Waals surface area contributed by atoms with Crippen LogP contribution in [0.25, 0.3) is 0 Å². The highest BCUT2D eigenvalue weighted by atomic mass is 16.5. The van der Waals surface area contributed by atoms with Crippen molar-refractivity contribution in [3.63, 3.8) is 0 Å². The van der Waals surface area contributed by atoms with E-state index < -0.39 is 12.2 Å². The molecule has 1 fully saturated rings. The fourth-order valence-corrected chi connectivity index (χ4v) is 1.35. The first-order chi connectivity index (χ1) is 6.24. The van der Waals surface area contributed by atoms with Crippen LogP contribution in [0.15, 0.2) is 0 Å². The van der Waals surface area contributed by atoms with Gasteiger partial charge in [-0.3, -0.25) is 0 Å². The van der Waals surface area contributed by atoms with Gasteiger partial charge in [0, 0.05) is 26.1 Å². The minimum atomic E-state index is -0.731. The Labute approximate surface area is 77.9 Å². The van der Waals surface area contributed by atoms with Crippen molar-refractivity contribution in [1.82, 2.24) is 5.32 Å². The molecule has 0 aliphatic carbocycles. The monoisotopic (exact) mass is 190 g/mol. The lowest BCUT2D eigenvalue weighted by Crippen LogP contribution is -2.45. The van der Waals surface area contributed by atoms with Gasteiger partial charge in [-0.1, -0.05) is 0 Å². The van der Waals surface area contributed by atoms with E-state index in [1.54, 1.807) is 0 Å². The number of aliphatic hydroxyl groups excluding tert-OH is 2. The van der Waals surface area contributed by atoms with Gasteiger partial charge in [0.2, 0.25) is 0 Å². The predicted molar refractivity (Wildman–Crippen MR) is 48.3 cm³/mol. The standard InChI is InChI=1S/C8H18N2O3/c9-1-2-10-4-6-3-7(11)8(12)5-13-6/h6-8,10-12H,1-5,9H2/t6-,7-,8-/m0/s1. The van der Waals surface area contributed by atoms with Gasteiger partial charge in [0.1, 0.15) is 6.10 Å². The fraction of sp³-hybridized carbons (Fsp3) is 1.00. The van der Waals surface area contributed by atoms with Gasteiger partial charge in [0.15, 0.2) is 0 Å². The number of ether oxygens (including phenoxy) is 1. The molecule has 0 amide bonds. The average molecular weight is 190 g/mol. The first-order valence-corrected chi connectivity index (χ1v) is 4.62. The third-order valence-electron chi connectivity index (χ3n) is 2.14. The van der Waals surface area contributed by atoms with Crippen LogP contribution in [0.1, 0.15) is 6.42 Å². The summed E-state index contributed by atoms with van der Waals surface area (Å²) in [5.74, 6) is 0. The number of nitrogens with two attached hydrogens (primary N) is 1. The molecule has 5 heteroatoms. The van der Waals surface area contributed by atoms with Gasteiger partial charge in [-0.2, -0.15) is 0 Å². The van der Waals surface area contributed by atoms with Crippen LogP contribution in [0.2, 0.25) is 0 Å². The first-order valence-electron chi connectivity index (χ1n) is 4.62. The maximum Gasteiger partial charge on any atom is 0.103 e. The fourth-order valence-electron chi connectivity index (χ4n) is 1.35. The van der Waals surface area contributed by atoms with Gasteiger partial charge in [-0.15, -0.1) is 0 Å². The van der Waals surface area contributed by atoms with Gasteiger partial charge in [0.05, 0.1) is 18.8 Å². The van der Waals surface area contributed by atoms with Crippen LogP contribution in [0.5, 0.6) is 0 Å². The van der Waals surface area contributed by atoms with Gasteiger partial charge >= 0.3 is 0 Å². The second-order valence-corrected chi connectivity index (χ2v) is 3.32. The topological polar surface area (TPSA) is 87.7 Å². The van der Waals surface area contributed by atoms with E-state index in [2.05, 4.69) is 5.32 Å². The van der Waals surface area contributed by atoms with Gasteiger partial charge in [-0.25, -0.2) is 0 Å². The van der Waals surface area contributed by atoms with Crippen LogP contribution in [0.4, 0.5) is 0 Å². The Morgan fingerprint density at radius 1 is 1.38 bits per heavy atom. The smallest absolute Gasteiger partial charge is 0.103 e. The molecule has 3 atom stereocenters. The van der Waals surface area contributed by atoms with E-state index in [4.69, 9.17) is 15.6 Å². The second kappa shape index (κ2) is 5.51. The van der Waals surface area contributed by atoms with Gasteiger partial charge in [0.25, 0.3) is 0 Å². The zero-order valence-electron chi connectivity index (χ0n) is 7.65. The van der Waals surface area contributed by atoms with Crippen LogP contribution < -0.4 is 11.1 Å². The number of aliphatic hydroxyl groups is 2. The summed E-state index contributed by atoms with van der Waals surface area (Å²) in [4.78, 5) is 0. The Kier molecular flexibility index (Phi) is 4.61. The van der Waals surface area contributed by atoms with Crippen molar-refractivity contribution in [2.24, 2.45) is 5.73 Å². The average Bonchev–Trinajstić information content (AvgIpc) is 2.12. The molecule has 1 aliphatic heterocycles. The zero-order valence-corrected chi connectivity index (χ0v) is 7.65. The normalized spacial score (nSPS) is 34.8. The van der Waals surface area contributed by atoms with Crippen LogP contribution in [-0.2, 0) is 4.74 Å². The lowest BCUT2D eigenvalue weighted by atomic mass is 10.0. The molecule has 0 radical (unpaired) electrons. The SMILES string of the molecule is NCCNC[C@@H]1C[C@H](O)[C@@H](O)CO1. The molecule has 1 heterocycles. The molecule has 1 rings (SSSR count). The summed E-state index contributed by atoms with van der Waals surface area (Å²) in [5.41, 5.74) is 5.30. The largest absolute Gasteiger partial charge is 0.390 e. The van der Waals surface area contributed by atoms with Crippen LogP contribution in [-0.4, -0.2) is 54.8 Å². The number of hydrogen-bond acceptors (Lipinski definition) is 5. The highest BCUT2D eigenvalue weighted by Crippen LogP contribution is 2.13. The molecule has 5 N–H and O–H groups in total. The van der Waals surface area contributed by atoms with Crippen LogP contribution >= 0.6 is 0 Å². The minimum Gasteiger partial charge on any atom is -0.390 e. The number of nitrogens with one attached hydrogen (secondary N) is 1. The van der Waals surface area contributed by atoms with Crippen molar-refractivity contribution in [3.8, 4) is 0 Å². The van der Waals surface area contributed by atoms with E-state index in [0.717, 1.165) is 6.54 Å². The van der Waals surface area contributed by atoms with E-state index in [1.165, 1.54) is 0 Å². The zero-order chi connectivity index (χ0) is 9.68. The van der Waals surface area contributed by atoms with Gasteiger partial charge in [-0.05, 0) is 0 Å². The van der Waals surface area contributed by atoms with E-state index in [9.17, 15) is 5.11 Å². The van der Waals surface area contributed by atoms with Crippen molar-refractivity contribution < 1.29 is 14.9 Å². The molecular formula is C8H18N2O3. The molecule has 0 aromatic rings. The van der Waals surface area contributed by atoms with E-state index in [0.29, 0.717) is 19.5 Å². The van der Waals surface area contributed by atoms with E-state index >= 15 is 0 Å². The van der Waals surface area contributed by atoms with Crippen LogP contribution in [0.3, 0.4) is 0 Å². The summed E-state index contributed by atoms with van der Waals surface area (Å²) in [6, 6.07) is 0. The predicted octanol–water partition coefficient (Wildman–Crippen LogP) is -1.95. The van der Waals surface area contributed by atoms with E-state index in [1.807, 2.05) is 0 Å². The Bertz CT molecular complexity index is 145. The molecule has 78 valence electrons. The Morgan fingerprint density at radius 3 is 2.77 bits per heavy atom. The molecule has 0 spiro atoms. The summed E-state index contributed by atoms with van der Waals surface area (Å²) in [5, 5.41) is 21.6. The molecule has 0 bridgehead atoms. The summed E-state index contributed by atoms with van der Waals surface area (Å²) in [7, 11) is 0. The van der Waals surface area contributed by atoms with Gasteiger partial charge < -0.3 is 26.0 Å². The quantitative estimate of drug-likeness (QED) is 0.387. The second-order valence-electron chi connectivity index (χ2n) is 3.32. The van der Waals surface area contributed by atoms with Crippen LogP contribution in [0, 0.1) is 0 Å². The molecule has 0 aromatic carbocycles. The Morgan fingerprint density at radius 2 is 2.15 bits per heavy atom. The van der Waals surface area contributed by atoms with Crippen molar-refractivity contribution in [3.05, 3.63) is 0 Å². The highest BCUT2D eigenvalue weighted by molar-refractivity contribution is 4.78. The third-order valence-corrected chi connectivity index (χ3v) is 2.14. The number of hydrogen-bond donors (Lipinski definition) is 4. The summed E-state index contributed by atoms with van der Waals surface area (Å²) in [6.45, 7) is 2.24. The maximum absolute atomic E-state index is 9.32. The molecule has 0 unspecified atom stereocenters. The third kappa shape index (κ3) is 3.58. The molecule has 5 nitrogen and oxygen atoms in total. The first kappa shape index (κ1) is 10.9. The van der Waals surface area contributed by atoms with Crippen molar-refractivity contribution in [2.75, 3.05) is 26.2 Å². The lowest BCUT2D eigenvalue weighted by Gasteiger charge is -2.30. The Balaban J connectivity index is 2.14. The molecule has 0 aromatic heterocycles.